The minimum atomic E-state index is 0.0238. The molecule has 5 nitrogen and oxygen atoms in total. The molecule has 1 amide bonds. The Morgan fingerprint density at radius 2 is 1.92 bits per heavy atom. The Labute approximate surface area is 148 Å². The number of morpholine rings is 1. The summed E-state index contributed by atoms with van der Waals surface area (Å²) < 4.78 is 11.5. The van der Waals surface area contributed by atoms with Crippen LogP contribution in [0.1, 0.15) is 28.6 Å². The molecule has 2 atom stereocenters. The first-order valence-corrected chi connectivity index (χ1v) is 9.16. The Kier molecular flexibility index (Phi) is 4.29. The van der Waals surface area contributed by atoms with Crippen LogP contribution in [0.3, 0.4) is 0 Å². The van der Waals surface area contributed by atoms with Crippen molar-refractivity contribution in [3.05, 3.63) is 35.1 Å². The van der Waals surface area contributed by atoms with Gasteiger partial charge < -0.3 is 14.1 Å². The van der Waals surface area contributed by atoms with Crippen molar-refractivity contribution in [3.63, 3.8) is 0 Å². The van der Waals surface area contributed by atoms with Gasteiger partial charge in [0, 0.05) is 43.2 Å². The van der Waals surface area contributed by atoms with Crippen LogP contribution < -0.4 is 0 Å². The number of nitrogens with zero attached hydrogens (tertiary/aromatic N) is 2. The Hall–Kier alpha value is -1.85. The maximum absolute atomic E-state index is 13.1. The molecule has 0 N–H and O–H groups in total. The molecule has 2 unspecified atom stereocenters. The number of hydrogen-bond donors (Lipinski definition) is 0. The van der Waals surface area contributed by atoms with Crippen LogP contribution in [0, 0.1) is 19.8 Å². The van der Waals surface area contributed by atoms with Gasteiger partial charge in [-0.3, -0.25) is 9.69 Å². The highest BCUT2D eigenvalue weighted by Crippen LogP contribution is 2.30. The van der Waals surface area contributed by atoms with Crippen molar-refractivity contribution in [2.45, 2.75) is 26.8 Å². The average Bonchev–Trinajstić information content (AvgIpc) is 3.17. The first-order chi connectivity index (χ1) is 12.1. The molecule has 0 radical (unpaired) electrons. The summed E-state index contributed by atoms with van der Waals surface area (Å²) in [5.41, 5.74) is 2.85. The minimum Gasteiger partial charge on any atom is -0.450 e. The molecule has 0 saturated carbocycles. The topological polar surface area (TPSA) is 45.9 Å². The fourth-order valence-corrected chi connectivity index (χ4v) is 4.23. The highest BCUT2D eigenvalue weighted by Gasteiger charge is 2.38. The van der Waals surface area contributed by atoms with Gasteiger partial charge in [0.2, 0.25) is 0 Å². The molecule has 5 heteroatoms. The van der Waals surface area contributed by atoms with Crippen molar-refractivity contribution in [3.8, 4) is 0 Å². The van der Waals surface area contributed by atoms with Crippen LogP contribution in [0.15, 0.2) is 22.6 Å². The maximum Gasteiger partial charge on any atom is 0.289 e. The number of hydrogen-bond acceptors (Lipinski definition) is 4. The molecule has 1 aromatic carbocycles. The Morgan fingerprint density at radius 1 is 1.16 bits per heavy atom. The predicted octanol–water partition coefficient (Wildman–Crippen LogP) is 2.84. The molecule has 0 bridgehead atoms. The first kappa shape index (κ1) is 16.6. The smallest absolute Gasteiger partial charge is 0.289 e. The van der Waals surface area contributed by atoms with Crippen LogP contribution in [0.5, 0.6) is 0 Å². The second-order valence-corrected chi connectivity index (χ2v) is 7.41. The van der Waals surface area contributed by atoms with E-state index in [-0.39, 0.29) is 5.91 Å². The molecule has 25 heavy (non-hydrogen) atoms. The molecule has 2 aliphatic rings. The first-order valence-electron chi connectivity index (χ1n) is 9.16. The van der Waals surface area contributed by atoms with Crippen molar-refractivity contribution >= 4 is 16.9 Å². The van der Waals surface area contributed by atoms with Crippen LogP contribution in [0.4, 0.5) is 0 Å². The third-order valence-corrected chi connectivity index (χ3v) is 5.73. The lowest BCUT2D eigenvalue weighted by atomic mass is 10.0. The summed E-state index contributed by atoms with van der Waals surface area (Å²) in [5, 5.41) is 1.04. The normalized spacial score (nSPS) is 25.0. The molecule has 3 heterocycles. The lowest BCUT2D eigenvalue weighted by molar-refractivity contribution is 0.0119. The Balaban J connectivity index is 1.57. The number of benzene rings is 1. The van der Waals surface area contributed by atoms with Gasteiger partial charge in [-0.25, -0.2) is 0 Å². The van der Waals surface area contributed by atoms with Crippen LogP contribution in [-0.2, 0) is 4.74 Å². The summed E-state index contributed by atoms with van der Waals surface area (Å²) in [6, 6.07) is 6.48. The van der Waals surface area contributed by atoms with Crippen LogP contribution in [0.25, 0.3) is 11.0 Å². The van der Waals surface area contributed by atoms with Crippen molar-refractivity contribution < 1.29 is 13.9 Å². The SMILES string of the molecule is Cc1c(C(=O)N2CC(C)C(N3CCOCC3)C2)oc2c(C)cccc12. The van der Waals surface area contributed by atoms with Gasteiger partial charge in [0.05, 0.1) is 13.2 Å². The van der Waals surface area contributed by atoms with Crippen LogP contribution in [0.2, 0.25) is 0 Å². The predicted molar refractivity (Wildman–Crippen MR) is 96.9 cm³/mol. The van der Waals surface area contributed by atoms with Gasteiger partial charge in [0.25, 0.3) is 5.91 Å². The number of para-hydroxylation sites is 1. The van der Waals surface area contributed by atoms with Gasteiger partial charge in [0.1, 0.15) is 5.58 Å². The molecule has 0 aliphatic carbocycles. The van der Waals surface area contributed by atoms with Crippen molar-refractivity contribution in [2.75, 3.05) is 39.4 Å². The highest BCUT2D eigenvalue weighted by molar-refractivity contribution is 5.99. The molecule has 1 aromatic heterocycles. The Morgan fingerprint density at radius 3 is 2.64 bits per heavy atom. The van der Waals surface area contributed by atoms with Gasteiger partial charge in [-0.05, 0) is 25.3 Å². The highest BCUT2D eigenvalue weighted by atomic mass is 16.5. The van der Waals surface area contributed by atoms with E-state index in [0.29, 0.717) is 17.7 Å². The summed E-state index contributed by atoms with van der Waals surface area (Å²) in [5.74, 6) is 0.989. The fourth-order valence-electron chi connectivity index (χ4n) is 4.23. The van der Waals surface area contributed by atoms with Gasteiger partial charge in [-0.15, -0.1) is 0 Å². The monoisotopic (exact) mass is 342 g/mol. The Bertz CT molecular complexity index is 792. The molecule has 2 saturated heterocycles. The maximum atomic E-state index is 13.1. The van der Waals surface area contributed by atoms with E-state index in [1.54, 1.807) is 0 Å². The van der Waals surface area contributed by atoms with Gasteiger partial charge in [-0.2, -0.15) is 0 Å². The average molecular weight is 342 g/mol. The number of carbonyl (C=O) groups excluding carboxylic acids is 1. The quantitative estimate of drug-likeness (QED) is 0.842. The van der Waals surface area contributed by atoms with Crippen molar-refractivity contribution in [1.82, 2.24) is 9.80 Å². The summed E-state index contributed by atoms with van der Waals surface area (Å²) in [6.45, 7) is 11.3. The van der Waals surface area contributed by atoms with E-state index >= 15 is 0 Å². The number of likely N-dealkylation sites (tertiary alicyclic amines) is 1. The number of amides is 1. The molecule has 134 valence electrons. The van der Waals surface area contributed by atoms with E-state index < -0.39 is 0 Å². The summed E-state index contributed by atoms with van der Waals surface area (Å²) >= 11 is 0. The molecular formula is C20H26N2O3. The molecule has 0 spiro atoms. The lowest BCUT2D eigenvalue weighted by Gasteiger charge is -2.33. The second kappa shape index (κ2) is 6.46. The van der Waals surface area contributed by atoms with Crippen molar-refractivity contribution in [1.29, 1.82) is 0 Å². The summed E-state index contributed by atoms with van der Waals surface area (Å²) in [6.07, 6.45) is 0. The van der Waals surface area contributed by atoms with Crippen LogP contribution in [-0.4, -0.2) is 61.1 Å². The van der Waals surface area contributed by atoms with Crippen LogP contribution >= 0.6 is 0 Å². The molecule has 4 rings (SSSR count). The van der Waals surface area contributed by atoms with E-state index in [2.05, 4.69) is 11.8 Å². The number of ether oxygens (including phenoxy) is 1. The summed E-state index contributed by atoms with van der Waals surface area (Å²) in [4.78, 5) is 17.5. The summed E-state index contributed by atoms with van der Waals surface area (Å²) in [7, 11) is 0. The van der Waals surface area contributed by atoms with Crippen molar-refractivity contribution in [2.24, 2.45) is 5.92 Å². The molecule has 2 fully saturated rings. The van der Waals surface area contributed by atoms with Gasteiger partial charge >= 0.3 is 0 Å². The number of fused-ring (bicyclic) bond motifs is 1. The largest absolute Gasteiger partial charge is 0.450 e. The van der Waals surface area contributed by atoms with Gasteiger partial charge in [0.15, 0.2) is 5.76 Å². The van der Waals surface area contributed by atoms with Gasteiger partial charge in [-0.1, -0.05) is 25.1 Å². The number of carbonyl (C=O) groups is 1. The fraction of sp³-hybridized carbons (Fsp3) is 0.550. The minimum absolute atomic E-state index is 0.0238. The van der Waals surface area contributed by atoms with E-state index in [0.717, 1.165) is 61.5 Å². The van der Waals surface area contributed by atoms with E-state index in [1.807, 2.05) is 36.9 Å². The van der Waals surface area contributed by atoms with E-state index in [1.165, 1.54) is 0 Å². The number of aryl methyl sites for hydroxylation is 2. The zero-order valence-corrected chi connectivity index (χ0v) is 15.2. The number of furan rings is 1. The number of rotatable bonds is 2. The molecule has 2 aromatic rings. The lowest BCUT2D eigenvalue weighted by Crippen LogP contribution is -2.47. The molecule has 2 aliphatic heterocycles. The standard InChI is InChI=1S/C20H26N2O3/c1-13-5-4-6-16-15(3)19(25-18(13)16)20(23)22-11-14(2)17(12-22)21-7-9-24-10-8-21/h4-6,14,17H,7-12H2,1-3H3. The molecular weight excluding hydrogens is 316 g/mol. The van der Waals surface area contributed by atoms with E-state index in [4.69, 9.17) is 9.15 Å². The third kappa shape index (κ3) is 2.85. The van der Waals surface area contributed by atoms with E-state index in [9.17, 15) is 4.79 Å². The second-order valence-electron chi connectivity index (χ2n) is 7.41. The zero-order chi connectivity index (χ0) is 17.6. The zero-order valence-electron chi connectivity index (χ0n) is 15.2. The third-order valence-electron chi connectivity index (χ3n) is 5.73.